The number of imidazole rings is 2. The topological polar surface area (TPSA) is 76.2 Å². The van der Waals surface area contributed by atoms with E-state index < -0.39 is 0 Å². The van der Waals surface area contributed by atoms with Crippen LogP contribution in [-0.2, 0) is 20.6 Å². The summed E-state index contributed by atoms with van der Waals surface area (Å²) in [6, 6.07) is 7.37. The number of aryl methyl sites for hydroxylation is 2. The van der Waals surface area contributed by atoms with Crippen molar-refractivity contribution in [3.8, 4) is 11.4 Å². The summed E-state index contributed by atoms with van der Waals surface area (Å²) in [6.07, 6.45) is 7.11. The lowest BCUT2D eigenvalue weighted by Gasteiger charge is -2.21. The summed E-state index contributed by atoms with van der Waals surface area (Å²) in [5.41, 5.74) is 1.43. The van der Waals surface area contributed by atoms with E-state index in [1.54, 1.807) is 23.4 Å². The SMILES string of the molecule is Cn1ccnc1CN(CCO)C(=O)c1cccc(-c2nccn2C)c1. The van der Waals surface area contributed by atoms with Crippen LogP contribution < -0.4 is 0 Å². The van der Waals surface area contributed by atoms with Crippen LogP contribution in [0.3, 0.4) is 0 Å². The lowest BCUT2D eigenvalue weighted by atomic mass is 10.1. The first-order valence-corrected chi connectivity index (χ1v) is 8.04. The first-order chi connectivity index (χ1) is 12.1. The molecule has 0 spiro atoms. The Kier molecular flexibility index (Phi) is 4.95. The summed E-state index contributed by atoms with van der Waals surface area (Å²) in [5, 5.41) is 9.34. The molecule has 0 saturated heterocycles. The van der Waals surface area contributed by atoms with Gasteiger partial charge in [0.1, 0.15) is 11.6 Å². The molecule has 0 bridgehead atoms. The van der Waals surface area contributed by atoms with Gasteiger partial charge in [0.15, 0.2) is 0 Å². The van der Waals surface area contributed by atoms with Crippen molar-refractivity contribution < 1.29 is 9.90 Å². The van der Waals surface area contributed by atoms with Gasteiger partial charge in [-0.05, 0) is 12.1 Å². The van der Waals surface area contributed by atoms with Gasteiger partial charge in [0.2, 0.25) is 0 Å². The van der Waals surface area contributed by atoms with E-state index in [1.807, 2.05) is 53.8 Å². The molecule has 0 fully saturated rings. The molecule has 0 radical (unpaired) electrons. The van der Waals surface area contributed by atoms with E-state index in [9.17, 15) is 9.90 Å². The van der Waals surface area contributed by atoms with Crippen molar-refractivity contribution in [1.82, 2.24) is 24.0 Å². The fraction of sp³-hybridized carbons (Fsp3) is 0.278. The largest absolute Gasteiger partial charge is 0.395 e. The van der Waals surface area contributed by atoms with E-state index in [1.165, 1.54) is 0 Å². The molecule has 7 nitrogen and oxygen atoms in total. The number of carbonyl (C=O) groups excluding carboxylic acids is 1. The van der Waals surface area contributed by atoms with Gasteiger partial charge in [-0.2, -0.15) is 0 Å². The Morgan fingerprint density at radius 2 is 1.92 bits per heavy atom. The molecule has 2 aromatic heterocycles. The molecule has 2 heterocycles. The highest BCUT2D eigenvalue weighted by Crippen LogP contribution is 2.19. The standard InChI is InChI=1S/C18H21N5O2/c1-21-8-6-19-16(21)13-23(10-11-24)18(25)15-5-3-4-14(12-15)17-20-7-9-22(17)2/h3-9,12,24H,10-11,13H2,1-2H3. The number of hydrogen-bond acceptors (Lipinski definition) is 4. The normalized spacial score (nSPS) is 10.8. The second-order valence-electron chi connectivity index (χ2n) is 5.85. The van der Waals surface area contributed by atoms with Crippen LogP contribution in [0.4, 0.5) is 0 Å². The second-order valence-corrected chi connectivity index (χ2v) is 5.85. The molecule has 0 aliphatic carbocycles. The van der Waals surface area contributed by atoms with E-state index in [0.717, 1.165) is 17.2 Å². The van der Waals surface area contributed by atoms with Crippen molar-refractivity contribution in [1.29, 1.82) is 0 Å². The van der Waals surface area contributed by atoms with Gasteiger partial charge in [0.05, 0.1) is 13.2 Å². The number of aliphatic hydroxyl groups is 1. The Morgan fingerprint density at radius 1 is 1.16 bits per heavy atom. The molecule has 1 aromatic carbocycles. The number of rotatable bonds is 6. The van der Waals surface area contributed by atoms with Crippen molar-refractivity contribution in [2.75, 3.05) is 13.2 Å². The Balaban J connectivity index is 1.87. The highest BCUT2D eigenvalue weighted by Gasteiger charge is 2.18. The number of carbonyl (C=O) groups is 1. The predicted molar refractivity (Wildman–Crippen MR) is 93.7 cm³/mol. The number of aromatic nitrogens is 4. The fourth-order valence-corrected chi connectivity index (χ4v) is 2.71. The minimum absolute atomic E-state index is 0.102. The first kappa shape index (κ1) is 16.9. The van der Waals surface area contributed by atoms with Crippen LogP contribution in [0.15, 0.2) is 49.1 Å². The van der Waals surface area contributed by atoms with Crippen LogP contribution in [0.25, 0.3) is 11.4 Å². The third-order valence-corrected chi connectivity index (χ3v) is 4.10. The lowest BCUT2D eigenvalue weighted by Crippen LogP contribution is -2.34. The Labute approximate surface area is 146 Å². The fourth-order valence-electron chi connectivity index (χ4n) is 2.71. The number of amides is 1. The number of hydrogen-bond donors (Lipinski definition) is 1. The van der Waals surface area contributed by atoms with Gasteiger partial charge < -0.3 is 19.1 Å². The molecular weight excluding hydrogens is 318 g/mol. The Bertz CT molecular complexity index is 868. The van der Waals surface area contributed by atoms with Crippen molar-refractivity contribution in [2.24, 2.45) is 14.1 Å². The van der Waals surface area contributed by atoms with E-state index in [-0.39, 0.29) is 19.1 Å². The molecule has 130 valence electrons. The van der Waals surface area contributed by atoms with Crippen LogP contribution in [0, 0.1) is 0 Å². The lowest BCUT2D eigenvalue weighted by molar-refractivity contribution is 0.0701. The zero-order valence-corrected chi connectivity index (χ0v) is 14.3. The van der Waals surface area contributed by atoms with Crippen molar-refractivity contribution in [3.63, 3.8) is 0 Å². The van der Waals surface area contributed by atoms with E-state index in [4.69, 9.17) is 0 Å². The van der Waals surface area contributed by atoms with Crippen LogP contribution in [0.1, 0.15) is 16.2 Å². The van der Waals surface area contributed by atoms with Gasteiger partial charge in [-0.1, -0.05) is 12.1 Å². The Hall–Kier alpha value is -2.93. The van der Waals surface area contributed by atoms with Crippen LogP contribution in [0.5, 0.6) is 0 Å². The smallest absolute Gasteiger partial charge is 0.254 e. The van der Waals surface area contributed by atoms with Crippen molar-refractivity contribution in [3.05, 3.63) is 60.4 Å². The molecule has 1 N–H and O–H groups in total. The van der Waals surface area contributed by atoms with Gasteiger partial charge in [0.25, 0.3) is 5.91 Å². The molecule has 0 saturated carbocycles. The van der Waals surface area contributed by atoms with Gasteiger partial charge in [-0.3, -0.25) is 4.79 Å². The van der Waals surface area contributed by atoms with E-state index in [0.29, 0.717) is 12.1 Å². The second kappa shape index (κ2) is 7.31. The summed E-state index contributed by atoms with van der Waals surface area (Å²) in [7, 11) is 3.79. The molecular formula is C18H21N5O2. The molecule has 0 aliphatic rings. The summed E-state index contributed by atoms with van der Waals surface area (Å²) in [6.45, 7) is 0.489. The maximum Gasteiger partial charge on any atom is 0.254 e. The molecule has 3 aromatic rings. The molecule has 3 rings (SSSR count). The number of benzene rings is 1. The van der Waals surface area contributed by atoms with Crippen LogP contribution >= 0.6 is 0 Å². The minimum Gasteiger partial charge on any atom is -0.395 e. The van der Waals surface area contributed by atoms with Crippen molar-refractivity contribution in [2.45, 2.75) is 6.54 Å². The Morgan fingerprint density at radius 3 is 2.56 bits per heavy atom. The molecule has 25 heavy (non-hydrogen) atoms. The van der Waals surface area contributed by atoms with Crippen LogP contribution in [-0.4, -0.2) is 48.2 Å². The summed E-state index contributed by atoms with van der Waals surface area (Å²) in [5.74, 6) is 1.42. The molecule has 0 atom stereocenters. The molecule has 7 heteroatoms. The summed E-state index contributed by atoms with van der Waals surface area (Å²) < 4.78 is 3.77. The van der Waals surface area contributed by atoms with Crippen LogP contribution in [0.2, 0.25) is 0 Å². The average molecular weight is 339 g/mol. The first-order valence-electron chi connectivity index (χ1n) is 8.04. The molecule has 0 aliphatic heterocycles. The highest BCUT2D eigenvalue weighted by atomic mass is 16.3. The van der Waals surface area contributed by atoms with Crippen molar-refractivity contribution >= 4 is 5.91 Å². The average Bonchev–Trinajstić information content (AvgIpc) is 3.22. The van der Waals surface area contributed by atoms with E-state index >= 15 is 0 Å². The highest BCUT2D eigenvalue weighted by molar-refractivity contribution is 5.95. The monoisotopic (exact) mass is 339 g/mol. The molecule has 1 amide bonds. The zero-order chi connectivity index (χ0) is 17.8. The quantitative estimate of drug-likeness (QED) is 0.738. The summed E-state index contributed by atoms with van der Waals surface area (Å²) in [4.78, 5) is 23.1. The molecule has 0 unspecified atom stereocenters. The predicted octanol–water partition coefficient (Wildman–Crippen LogP) is 1.46. The maximum absolute atomic E-state index is 12.9. The number of aliphatic hydroxyl groups excluding tert-OH is 1. The summed E-state index contributed by atoms with van der Waals surface area (Å²) >= 11 is 0. The van der Waals surface area contributed by atoms with Gasteiger partial charge in [-0.25, -0.2) is 9.97 Å². The van der Waals surface area contributed by atoms with Gasteiger partial charge >= 0.3 is 0 Å². The van der Waals surface area contributed by atoms with Gasteiger partial charge in [0, 0.05) is 56.6 Å². The minimum atomic E-state index is -0.145. The third kappa shape index (κ3) is 3.61. The van der Waals surface area contributed by atoms with E-state index in [2.05, 4.69) is 9.97 Å². The third-order valence-electron chi connectivity index (χ3n) is 4.10. The maximum atomic E-state index is 12.9. The number of nitrogens with zero attached hydrogens (tertiary/aromatic N) is 5. The zero-order valence-electron chi connectivity index (χ0n) is 14.3. The van der Waals surface area contributed by atoms with Gasteiger partial charge in [-0.15, -0.1) is 0 Å².